The lowest BCUT2D eigenvalue weighted by Crippen LogP contribution is -2.09. The van der Waals surface area contributed by atoms with Gasteiger partial charge >= 0.3 is 0 Å². The highest BCUT2D eigenvalue weighted by atomic mass is 16.6. The highest BCUT2D eigenvalue weighted by molar-refractivity contribution is 5.84. The highest BCUT2D eigenvalue weighted by Crippen LogP contribution is 2.41. The SMILES string of the molecule is C=CCOC(O)c1cc(C2CC2)cnc1Nc1ccc2[nH]ccc2c1. The Morgan fingerprint density at radius 3 is 3.04 bits per heavy atom. The van der Waals surface area contributed by atoms with E-state index in [2.05, 4.69) is 21.9 Å². The monoisotopic (exact) mass is 335 g/mol. The van der Waals surface area contributed by atoms with Crippen LogP contribution >= 0.6 is 0 Å². The van der Waals surface area contributed by atoms with Crippen molar-refractivity contribution >= 4 is 22.4 Å². The molecular weight excluding hydrogens is 314 g/mol. The molecule has 0 saturated heterocycles. The lowest BCUT2D eigenvalue weighted by atomic mass is 10.1. The van der Waals surface area contributed by atoms with Gasteiger partial charge in [-0.05, 0) is 54.7 Å². The molecule has 128 valence electrons. The van der Waals surface area contributed by atoms with E-state index in [1.807, 2.05) is 42.7 Å². The molecule has 1 unspecified atom stereocenters. The molecule has 1 aliphatic rings. The zero-order chi connectivity index (χ0) is 17.2. The summed E-state index contributed by atoms with van der Waals surface area (Å²) in [5, 5.41) is 14.8. The normalized spacial score (nSPS) is 15.2. The van der Waals surface area contributed by atoms with Gasteiger partial charge in [-0.15, -0.1) is 6.58 Å². The second-order valence-corrected chi connectivity index (χ2v) is 6.36. The predicted octanol–water partition coefficient (Wildman–Crippen LogP) is 4.38. The fraction of sp³-hybridized carbons (Fsp3) is 0.250. The van der Waals surface area contributed by atoms with Crippen LogP contribution in [-0.4, -0.2) is 21.7 Å². The molecule has 1 atom stereocenters. The third-order valence-electron chi connectivity index (χ3n) is 4.44. The number of hydrogen-bond acceptors (Lipinski definition) is 4. The number of rotatable bonds is 7. The molecule has 3 aromatic rings. The molecule has 0 radical (unpaired) electrons. The first-order valence-corrected chi connectivity index (χ1v) is 8.49. The lowest BCUT2D eigenvalue weighted by Gasteiger charge is -2.17. The number of H-pyrrole nitrogens is 1. The van der Waals surface area contributed by atoms with Gasteiger partial charge in [-0.3, -0.25) is 0 Å². The van der Waals surface area contributed by atoms with Gasteiger partial charge in [0.15, 0.2) is 6.29 Å². The lowest BCUT2D eigenvalue weighted by molar-refractivity contribution is -0.0917. The molecule has 4 rings (SSSR count). The average Bonchev–Trinajstić information content (AvgIpc) is 3.38. The maximum Gasteiger partial charge on any atom is 0.185 e. The van der Waals surface area contributed by atoms with E-state index in [4.69, 9.17) is 4.74 Å². The number of aromatic amines is 1. The first-order valence-electron chi connectivity index (χ1n) is 8.49. The molecule has 1 aliphatic carbocycles. The van der Waals surface area contributed by atoms with Gasteiger partial charge in [-0.25, -0.2) is 4.98 Å². The van der Waals surface area contributed by atoms with Crippen molar-refractivity contribution in [1.29, 1.82) is 0 Å². The maximum absolute atomic E-state index is 10.4. The Hall–Kier alpha value is -2.63. The van der Waals surface area contributed by atoms with E-state index >= 15 is 0 Å². The second-order valence-electron chi connectivity index (χ2n) is 6.36. The van der Waals surface area contributed by atoms with Crippen LogP contribution in [0.25, 0.3) is 10.9 Å². The number of ether oxygens (including phenoxy) is 1. The van der Waals surface area contributed by atoms with E-state index in [0.29, 0.717) is 17.3 Å². The van der Waals surface area contributed by atoms with Gasteiger partial charge in [0.1, 0.15) is 5.82 Å². The smallest absolute Gasteiger partial charge is 0.185 e. The summed E-state index contributed by atoms with van der Waals surface area (Å²) in [6, 6.07) is 10.1. The van der Waals surface area contributed by atoms with Gasteiger partial charge in [-0.2, -0.15) is 0 Å². The van der Waals surface area contributed by atoms with Gasteiger partial charge in [0.25, 0.3) is 0 Å². The minimum Gasteiger partial charge on any atom is -0.364 e. The molecule has 3 N–H and O–H groups in total. The Balaban J connectivity index is 1.65. The average molecular weight is 335 g/mol. The summed E-state index contributed by atoms with van der Waals surface area (Å²) in [6.45, 7) is 3.91. The largest absolute Gasteiger partial charge is 0.364 e. The summed E-state index contributed by atoms with van der Waals surface area (Å²) in [5.41, 5.74) is 3.80. The van der Waals surface area contributed by atoms with Crippen LogP contribution in [-0.2, 0) is 4.74 Å². The van der Waals surface area contributed by atoms with E-state index in [1.54, 1.807) is 6.08 Å². The van der Waals surface area contributed by atoms with Crippen LogP contribution in [0.3, 0.4) is 0 Å². The topological polar surface area (TPSA) is 70.2 Å². The molecular formula is C20H21N3O2. The first-order chi connectivity index (χ1) is 12.2. The number of pyridine rings is 1. The fourth-order valence-electron chi connectivity index (χ4n) is 2.95. The van der Waals surface area contributed by atoms with Crippen molar-refractivity contribution in [2.45, 2.75) is 25.0 Å². The Kier molecular flexibility index (Phi) is 4.26. The maximum atomic E-state index is 10.4. The van der Waals surface area contributed by atoms with Crippen LogP contribution in [0.15, 0.2) is 55.4 Å². The molecule has 5 heteroatoms. The van der Waals surface area contributed by atoms with Gasteiger partial charge < -0.3 is 20.1 Å². The van der Waals surface area contributed by atoms with Crippen molar-refractivity contribution in [1.82, 2.24) is 9.97 Å². The van der Waals surface area contributed by atoms with E-state index in [0.717, 1.165) is 22.2 Å². The van der Waals surface area contributed by atoms with Crippen LogP contribution in [0, 0.1) is 0 Å². The Morgan fingerprint density at radius 1 is 1.36 bits per heavy atom. The number of hydrogen-bond donors (Lipinski definition) is 3. The van der Waals surface area contributed by atoms with Crippen molar-refractivity contribution < 1.29 is 9.84 Å². The number of fused-ring (bicyclic) bond motifs is 1. The van der Waals surface area contributed by atoms with Crippen molar-refractivity contribution in [3.8, 4) is 0 Å². The van der Waals surface area contributed by atoms with E-state index in [-0.39, 0.29) is 6.61 Å². The molecule has 1 saturated carbocycles. The fourth-order valence-corrected chi connectivity index (χ4v) is 2.95. The van der Waals surface area contributed by atoms with Gasteiger partial charge in [0.05, 0.1) is 12.2 Å². The predicted molar refractivity (Wildman–Crippen MR) is 98.9 cm³/mol. The summed E-state index contributed by atoms with van der Waals surface area (Å²) in [7, 11) is 0. The number of nitrogens with one attached hydrogen (secondary N) is 2. The van der Waals surface area contributed by atoms with Crippen LogP contribution in [0.2, 0.25) is 0 Å². The van der Waals surface area contributed by atoms with Gasteiger partial charge in [0, 0.05) is 29.0 Å². The standard InChI is InChI=1S/C20H21N3O2/c1-2-9-25-20(24)17-11-15(13-3-4-13)12-22-19(17)23-16-5-6-18-14(10-16)7-8-21-18/h2,5-8,10-13,20-21,24H,1,3-4,9H2,(H,22,23). The number of aliphatic hydroxyl groups is 1. The zero-order valence-electron chi connectivity index (χ0n) is 13.9. The van der Waals surface area contributed by atoms with Crippen molar-refractivity contribution in [3.05, 3.63) is 66.5 Å². The van der Waals surface area contributed by atoms with Gasteiger partial charge in [-0.1, -0.05) is 6.08 Å². The summed E-state index contributed by atoms with van der Waals surface area (Å²) in [6.07, 6.45) is 6.74. The number of benzene rings is 1. The molecule has 2 heterocycles. The van der Waals surface area contributed by atoms with Crippen LogP contribution in [0.4, 0.5) is 11.5 Å². The molecule has 25 heavy (non-hydrogen) atoms. The number of anilines is 2. The minimum atomic E-state index is -1.04. The Bertz CT molecular complexity index is 899. The molecule has 1 fully saturated rings. The van der Waals surface area contributed by atoms with E-state index in [1.165, 1.54) is 12.8 Å². The number of aliphatic hydroxyl groups excluding tert-OH is 1. The summed E-state index contributed by atoms with van der Waals surface area (Å²) in [5.74, 6) is 1.17. The van der Waals surface area contributed by atoms with Crippen molar-refractivity contribution in [2.75, 3.05) is 11.9 Å². The summed E-state index contributed by atoms with van der Waals surface area (Å²) >= 11 is 0. The quantitative estimate of drug-likeness (QED) is 0.443. The van der Waals surface area contributed by atoms with Crippen molar-refractivity contribution in [3.63, 3.8) is 0 Å². The van der Waals surface area contributed by atoms with Crippen LogP contribution < -0.4 is 5.32 Å². The Labute approximate surface area is 146 Å². The summed E-state index contributed by atoms with van der Waals surface area (Å²) < 4.78 is 5.42. The molecule has 5 nitrogen and oxygen atoms in total. The number of aromatic nitrogens is 2. The minimum absolute atomic E-state index is 0.281. The van der Waals surface area contributed by atoms with Gasteiger partial charge in [0.2, 0.25) is 0 Å². The van der Waals surface area contributed by atoms with Crippen molar-refractivity contribution in [2.24, 2.45) is 0 Å². The van der Waals surface area contributed by atoms with E-state index in [9.17, 15) is 5.11 Å². The molecule has 2 aromatic heterocycles. The first kappa shape index (κ1) is 15.9. The molecule has 0 aliphatic heterocycles. The summed E-state index contributed by atoms with van der Waals surface area (Å²) in [4.78, 5) is 7.72. The molecule has 0 spiro atoms. The van der Waals surface area contributed by atoms with E-state index < -0.39 is 6.29 Å². The van der Waals surface area contributed by atoms with Crippen LogP contribution in [0.5, 0.6) is 0 Å². The third kappa shape index (κ3) is 3.43. The zero-order valence-corrected chi connectivity index (χ0v) is 13.9. The number of nitrogens with zero attached hydrogens (tertiary/aromatic N) is 1. The van der Waals surface area contributed by atoms with Crippen LogP contribution in [0.1, 0.15) is 36.2 Å². The second kappa shape index (κ2) is 6.70. The molecule has 0 amide bonds. The highest BCUT2D eigenvalue weighted by Gasteiger charge is 2.26. The molecule has 1 aromatic carbocycles. The molecule has 0 bridgehead atoms. The Morgan fingerprint density at radius 2 is 2.24 bits per heavy atom. The third-order valence-corrected chi connectivity index (χ3v) is 4.44.